The minimum Gasteiger partial charge on any atom is -0.507 e. The normalized spacial score (nSPS) is 17.3. The van der Waals surface area contributed by atoms with Crippen LogP contribution in [0.25, 0.3) is 5.76 Å². The fourth-order valence-electron chi connectivity index (χ4n) is 4.17. The number of hydrogen-bond acceptors (Lipinski definition) is 5. The summed E-state index contributed by atoms with van der Waals surface area (Å²) in [4.78, 5) is 32.2. The van der Waals surface area contributed by atoms with Crippen LogP contribution in [0.3, 0.4) is 0 Å². The fraction of sp³-hybridized carbons (Fsp3) is 0.222. The lowest BCUT2D eigenvalue weighted by Gasteiger charge is -2.25. The summed E-state index contributed by atoms with van der Waals surface area (Å²) >= 11 is 12.5. The van der Waals surface area contributed by atoms with Crippen molar-refractivity contribution in [1.82, 2.24) is 9.88 Å². The van der Waals surface area contributed by atoms with E-state index in [0.29, 0.717) is 17.2 Å². The number of Topliss-reactive ketones (excluding diaryl/α,β-unsaturated/α-hetero) is 1. The highest BCUT2D eigenvalue weighted by Gasteiger charge is 2.46. The third-order valence-electron chi connectivity index (χ3n) is 5.99. The molecule has 1 atom stereocenters. The van der Waals surface area contributed by atoms with Crippen LogP contribution in [0.5, 0.6) is 5.75 Å². The molecule has 1 fully saturated rings. The number of benzene rings is 2. The lowest BCUT2D eigenvalue weighted by Crippen LogP contribution is -2.29. The molecule has 180 valence electrons. The number of aromatic nitrogens is 1. The second kappa shape index (κ2) is 10.1. The molecule has 2 aromatic carbocycles. The average molecular weight is 511 g/mol. The van der Waals surface area contributed by atoms with Crippen LogP contribution in [0.2, 0.25) is 10.0 Å². The van der Waals surface area contributed by atoms with Crippen molar-refractivity contribution in [2.24, 2.45) is 0 Å². The zero-order valence-corrected chi connectivity index (χ0v) is 21.0. The van der Waals surface area contributed by atoms with Crippen molar-refractivity contribution in [3.63, 3.8) is 0 Å². The molecule has 0 aliphatic carbocycles. The average Bonchev–Trinajstić information content (AvgIpc) is 3.09. The number of halogens is 2. The Morgan fingerprint density at radius 3 is 2.29 bits per heavy atom. The van der Waals surface area contributed by atoms with Gasteiger partial charge in [-0.15, -0.1) is 0 Å². The third-order valence-corrected chi connectivity index (χ3v) is 6.55. The van der Waals surface area contributed by atoms with E-state index in [0.717, 1.165) is 5.56 Å². The SMILES string of the molecule is COc1c(Cl)cc(/C(O)=C2\C(=O)C(=O)N(Cc3ccccn3)C2c2ccc(C(C)C)cc2)cc1Cl. The van der Waals surface area contributed by atoms with Crippen molar-refractivity contribution in [2.75, 3.05) is 7.11 Å². The first-order valence-corrected chi connectivity index (χ1v) is 11.8. The van der Waals surface area contributed by atoms with Crippen LogP contribution in [-0.4, -0.2) is 33.8 Å². The second-order valence-corrected chi connectivity index (χ2v) is 9.36. The van der Waals surface area contributed by atoms with Crippen LogP contribution in [0.4, 0.5) is 0 Å². The van der Waals surface area contributed by atoms with Gasteiger partial charge in [-0.05, 0) is 41.3 Å². The Labute approximate surface area is 213 Å². The molecule has 2 heterocycles. The Hall–Kier alpha value is -3.35. The highest BCUT2D eigenvalue weighted by molar-refractivity contribution is 6.46. The van der Waals surface area contributed by atoms with Crippen LogP contribution in [-0.2, 0) is 16.1 Å². The van der Waals surface area contributed by atoms with Gasteiger partial charge in [0.1, 0.15) is 5.76 Å². The number of amides is 1. The number of likely N-dealkylation sites (tertiary alicyclic amines) is 1. The number of hydrogen-bond donors (Lipinski definition) is 1. The number of methoxy groups -OCH3 is 1. The molecule has 6 nitrogen and oxygen atoms in total. The first-order chi connectivity index (χ1) is 16.7. The number of rotatable bonds is 6. The van der Waals surface area contributed by atoms with Crippen LogP contribution >= 0.6 is 23.2 Å². The van der Waals surface area contributed by atoms with E-state index in [9.17, 15) is 14.7 Å². The maximum absolute atomic E-state index is 13.3. The van der Waals surface area contributed by atoms with Gasteiger partial charge in [0.15, 0.2) is 5.75 Å². The monoisotopic (exact) mass is 510 g/mol. The summed E-state index contributed by atoms with van der Waals surface area (Å²) in [7, 11) is 1.43. The number of ketones is 1. The Bertz CT molecular complexity index is 1280. The van der Waals surface area contributed by atoms with Crippen LogP contribution in [0.15, 0.2) is 66.4 Å². The quantitative estimate of drug-likeness (QED) is 0.244. The van der Waals surface area contributed by atoms with Crippen LogP contribution in [0.1, 0.15) is 48.2 Å². The molecule has 1 aliphatic rings. The summed E-state index contributed by atoms with van der Waals surface area (Å²) in [6.07, 6.45) is 1.62. The number of ether oxygens (including phenoxy) is 1. The van der Waals surface area contributed by atoms with Crippen molar-refractivity contribution in [3.05, 3.63) is 98.8 Å². The molecule has 0 saturated carbocycles. The van der Waals surface area contributed by atoms with Crippen molar-refractivity contribution in [3.8, 4) is 5.75 Å². The molecular formula is C27H24Cl2N2O4. The van der Waals surface area contributed by atoms with Gasteiger partial charge in [-0.1, -0.05) is 67.4 Å². The minimum absolute atomic E-state index is 0.0412. The number of nitrogens with zero attached hydrogens (tertiary/aromatic N) is 2. The summed E-state index contributed by atoms with van der Waals surface area (Å²) < 4.78 is 5.18. The Kier molecular flexibility index (Phi) is 7.15. The molecule has 1 unspecified atom stereocenters. The number of carbonyl (C=O) groups is 2. The molecule has 1 saturated heterocycles. The lowest BCUT2D eigenvalue weighted by molar-refractivity contribution is -0.140. The van der Waals surface area contributed by atoms with Crippen LogP contribution in [0, 0.1) is 0 Å². The van der Waals surface area contributed by atoms with E-state index in [1.54, 1.807) is 18.3 Å². The highest BCUT2D eigenvalue weighted by Crippen LogP contribution is 2.42. The van der Waals surface area contributed by atoms with Gasteiger partial charge in [0.05, 0.1) is 41.0 Å². The second-order valence-electron chi connectivity index (χ2n) is 8.54. The Morgan fingerprint density at radius 1 is 1.09 bits per heavy atom. The van der Waals surface area contributed by atoms with Gasteiger partial charge in [0.2, 0.25) is 0 Å². The minimum atomic E-state index is -0.821. The molecule has 35 heavy (non-hydrogen) atoms. The number of carbonyl (C=O) groups excluding carboxylic acids is 2. The topological polar surface area (TPSA) is 79.7 Å². The number of aliphatic hydroxyl groups excluding tert-OH is 1. The van der Waals surface area contributed by atoms with Crippen molar-refractivity contribution >= 4 is 40.7 Å². The molecular weight excluding hydrogens is 487 g/mol. The molecule has 0 radical (unpaired) electrons. The Balaban J connectivity index is 1.88. The third kappa shape index (κ3) is 4.77. The van der Waals surface area contributed by atoms with Crippen LogP contribution < -0.4 is 4.74 Å². The zero-order valence-electron chi connectivity index (χ0n) is 19.5. The molecule has 0 spiro atoms. The maximum atomic E-state index is 13.3. The van der Waals surface area contributed by atoms with Gasteiger partial charge in [0.25, 0.3) is 11.7 Å². The predicted molar refractivity (Wildman–Crippen MR) is 136 cm³/mol. The molecule has 3 aromatic rings. The molecule has 1 aromatic heterocycles. The van der Waals surface area contributed by atoms with Crippen molar-refractivity contribution < 1.29 is 19.4 Å². The summed E-state index contributed by atoms with van der Waals surface area (Å²) in [6.45, 7) is 4.27. The van der Waals surface area contributed by atoms with E-state index >= 15 is 0 Å². The molecule has 8 heteroatoms. The van der Waals surface area contributed by atoms with E-state index in [1.165, 1.54) is 24.1 Å². The summed E-state index contributed by atoms with van der Waals surface area (Å²) in [5.41, 5.74) is 2.59. The largest absolute Gasteiger partial charge is 0.507 e. The number of aliphatic hydroxyl groups is 1. The van der Waals surface area contributed by atoms with E-state index < -0.39 is 17.7 Å². The number of pyridine rings is 1. The fourth-order valence-corrected chi connectivity index (χ4v) is 4.81. The van der Waals surface area contributed by atoms with Gasteiger partial charge in [-0.25, -0.2) is 0 Å². The zero-order chi connectivity index (χ0) is 25.3. The van der Waals surface area contributed by atoms with Gasteiger partial charge < -0.3 is 14.7 Å². The van der Waals surface area contributed by atoms with E-state index in [4.69, 9.17) is 27.9 Å². The van der Waals surface area contributed by atoms with Crippen molar-refractivity contribution in [2.45, 2.75) is 32.4 Å². The molecule has 1 aliphatic heterocycles. The van der Waals surface area contributed by atoms with Gasteiger partial charge >= 0.3 is 0 Å². The van der Waals surface area contributed by atoms with E-state index in [1.807, 2.05) is 30.3 Å². The first-order valence-electron chi connectivity index (χ1n) is 11.0. The summed E-state index contributed by atoms with van der Waals surface area (Å²) in [5, 5.41) is 11.6. The van der Waals surface area contributed by atoms with Gasteiger partial charge in [-0.3, -0.25) is 14.6 Å². The highest BCUT2D eigenvalue weighted by atomic mass is 35.5. The molecule has 1 amide bonds. The predicted octanol–water partition coefficient (Wildman–Crippen LogP) is 6.14. The molecule has 1 N–H and O–H groups in total. The molecule has 0 bridgehead atoms. The standard InChI is InChI=1S/C27H24Cl2N2O4/c1-15(2)16-7-9-17(10-8-16)23-22(24(32)18-12-20(28)26(35-3)21(29)13-18)25(33)27(34)31(23)14-19-6-4-5-11-30-19/h4-13,15,23,32H,14H2,1-3H3/b24-22+. The maximum Gasteiger partial charge on any atom is 0.296 e. The van der Waals surface area contributed by atoms with Gasteiger partial charge in [0, 0.05) is 11.8 Å². The molecule has 4 rings (SSSR count). The summed E-state index contributed by atoms with van der Waals surface area (Å²) in [5.74, 6) is -1.31. The van der Waals surface area contributed by atoms with Crippen molar-refractivity contribution in [1.29, 1.82) is 0 Å². The lowest BCUT2D eigenvalue weighted by atomic mass is 9.93. The van der Waals surface area contributed by atoms with Gasteiger partial charge in [-0.2, -0.15) is 0 Å². The first kappa shape index (κ1) is 24.8. The van der Waals surface area contributed by atoms with E-state index in [2.05, 4.69) is 18.8 Å². The van der Waals surface area contributed by atoms with E-state index in [-0.39, 0.29) is 39.2 Å². The smallest absolute Gasteiger partial charge is 0.296 e. The summed E-state index contributed by atoms with van der Waals surface area (Å²) in [6, 6.07) is 15.1. The Morgan fingerprint density at radius 2 is 1.74 bits per heavy atom.